The molecule has 12 heteroatoms. The number of benzene rings is 1. The van der Waals surface area contributed by atoms with Crippen molar-refractivity contribution in [1.82, 2.24) is 14.9 Å². The zero-order valence-electron chi connectivity index (χ0n) is 13.4. The minimum absolute atomic E-state index is 0.0157. The van der Waals surface area contributed by atoms with Crippen molar-refractivity contribution in [2.45, 2.75) is 12.7 Å². The van der Waals surface area contributed by atoms with Gasteiger partial charge in [-0.3, -0.25) is 23.9 Å². The van der Waals surface area contributed by atoms with Gasteiger partial charge < -0.3 is 10.6 Å². The van der Waals surface area contributed by atoms with Gasteiger partial charge in [-0.05, 0) is 40.2 Å². The summed E-state index contributed by atoms with van der Waals surface area (Å²) >= 11 is 2.94. The van der Waals surface area contributed by atoms with E-state index < -0.39 is 35.8 Å². The van der Waals surface area contributed by atoms with Crippen LogP contribution in [0.2, 0.25) is 0 Å². The highest BCUT2D eigenvalue weighted by Gasteiger charge is 2.27. The summed E-state index contributed by atoms with van der Waals surface area (Å²) in [5, 5.41) is 4.18. The van der Waals surface area contributed by atoms with E-state index in [4.69, 9.17) is 0 Å². The van der Waals surface area contributed by atoms with Crippen LogP contribution < -0.4 is 21.9 Å². The van der Waals surface area contributed by atoms with Gasteiger partial charge in [-0.25, -0.2) is 4.79 Å². The number of anilines is 1. The molecule has 0 radical (unpaired) electrons. The predicted molar refractivity (Wildman–Crippen MR) is 92.5 cm³/mol. The number of carbonyl (C=O) groups excluding carboxylic acids is 2. The molecule has 144 valence electrons. The van der Waals surface area contributed by atoms with Gasteiger partial charge in [0.15, 0.2) is 0 Å². The third-order valence-corrected chi connectivity index (χ3v) is 3.73. The van der Waals surface area contributed by atoms with E-state index in [0.717, 1.165) is 10.8 Å². The number of H-pyrrole nitrogens is 1. The molecule has 2 aromatic rings. The zero-order chi connectivity index (χ0) is 20.2. The fourth-order valence-corrected chi connectivity index (χ4v) is 2.29. The standard InChI is InChI=1S/C15H12BrF3N4O4/c16-10-5-23(14(27)22-13(10)26)6-11(24)21-9-3-1-8(2-4-9)12(25)20-7-15(17,18)19/h1-5H,6-7H2,(H,20,25)(H,21,24)(H,22,26,27). The highest BCUT2D eigenvalue weighted by atomic mass is 79.9. The van der Waals surface area contributed by atoms with Crippen molar-refractivity contribution in [3.8, 4) is 0 Å². The van der Waals surface area contributed by atoms with Gasteiger partial charge in [-0.2, -0.15) is 13.2 Å². The maximum absolute atomic E-state index is 12.1. The SMILES string of the molecule is O=C(Cn1cc(Br)c(=O)[nH]c1=O)Nc1ccc(C(=O)NCC(F)(F)F)cc1. The lowest BCUT2D eigenvalue weighted by Gasteiger charge is -2.10. The summed E-state index contributed by atoms with van der Waals surface area (Å²) in [7, 11) is 0. The molecule has 2 amide bonds. The summed E-state index contributed by atoms with van der Waals surface area (Å²) in [6.45, 7) is -1.84. The Bertz CT molecular complexity index is 967. The number of hydrogen-bond donors (Lipinski definition) is 3. The summed E-state index contributed by atoms with van der Waals surface area (Å²) in [6.07, 6.45) is -3.35. The van der Waals surface area contributed by atoms with Gasteiger partial charge in [0, 0.05) is 17.4 Å². The van der Waals surface area contributed by atoms with E-state index in [-0.39, 0.29) is 22.3 Å². The molecule has 1 aromatic heterocycles. The molecule has 0 unspecified atom stereocenters. The average molecular weight is 449 g/mol. The van der Waals surface area contributed by atoms with Crippen LogP contribution in [0.15, 0.2) is 44.5 Å². The number of aromatic amines is 1. The Morgan fingerprint density at radius 3 is 2.37 bits per heavy atom. The molecule has 0 fully saturated rings. The Morgan fingerprint density at radius 1 is 1.15 bits per heavy atom. The number of hydrogen-bond acceptors (Lipinski definition) is 4. The van der Waals surface area contributed by atoms with E-state index in [0.29, 0.717) is 0 Å². The monoisotopic (exact) mass is 448 g/mol. The Labute approximate surface area is 157 Å². The number of carbonyl (C=O) groups is 2. The summed E-state index contributed by atoms with van der Waals surface area (Å²) < 4.78 is 37.3. The van der Waals surface area contributed by atoms with Crippen molar-refractivity contribution in [2.24, 2.45) is 0 Å². The molecule has 1 heterocycles. The summed E-state index contributed by atoms with van der Waals surface area (Å²) in [5.74, 6) is -1.50. The number of aromatic nitrogens is 2. The van der Waals surface area contributed by atoms with Crippen molar-refractivity contribution in [3.63, 3.8) is 0 Å². The van der Waals surface area contributed by atoms with Crippen LogP contribution in [0.4, 0.5) is 18.9 Å². The molecule has 1 aromatic carbocycles. The highest BCUT2D eigenvalue weighted by Crippen LogP contribution is 2.14. The van der Waals surface area contributed by atoms with Gasteiger partial charge >= 0.3 is 11.9 Å². The fraction of sp³-hybridized carbons (Fsp3) is 0.200. The van der Waals surface area contributed by atoms with Gasteiger partial charge in [0.25, 0.3) is 11.5 Å². The molecule has 2 rings (SSSR count). The lowest BCUT2D eigenvalue weighted by molar-refractivity contribution is -0.123. The fourth-order valence-electron chi connectivity index (χ4n) is 1.94. The van der Waals surface area contributed by atoms with Crippen LogP contribution in [-0.2, 0) is 11.3 Å². The maximum atomic E-state index is 12.1. The second-order valence-electron chi connectivity index (χ2n) is 5.29. The Kier molecular flexibility index (Phi) is 6.20. The summed E-state index contributed by atoms with van der Waals surface area (Å²) in [5.41, 5.74) is -1.15. The molecule has 27 heavy (non-hydrogen) atoms. The molecule has 0 aliphatic carbocycles. The molecule has 0 spiro atoms. The second kappa shape index (κ2) is 8.20. The molecule has 0 atom stereocenters. The van der Waals surface area contributed by atoms with E-state index in [1.165, 1.54) is 24.3 Å². The van der Waals surface area contributed by atoms with Crippen LogP contribution in [0.3, 0.4) is 0 Å². The lowest BCUT2D eigenvalue weighted by atomic mass is 10.2. The number of nitrogens with zero attached hydrogens (tertiary/aromatic N) is 1. The second-order valence-corrected chi connectivity index (χ2v) is 6.14. The van der Waals surface area contributed by atoms with Crippen molar-refractivity contribution >= 4 is 33.4 Å². The molecule has 8 nitrogen and oxygen atoms in total. The van der Waals surface area contributed by atoms with E-state index in [9.17, 15) is 32.3 Å². The van der Waals surface area contributed by atoms with Crippen molar-refractivity contribution in [3.05, 3.63) is 61.3 Å². The third-order valence-electron chi connectivity index (χ3n) is 3.16. The van der Waals surface area contributed by atoms with Gasteiger partial charge in [-0.15, -0.1) is 0 Å². The smallest absolute Gasteiger partial charge is 0.343 e. The molecule has 0 bridgehead atoms. The largest absolute Gasteiger partial charge is 0.405 e. The van der Waals surface area contributed by atoms with Crippen LogP contribution in [-0.4, -0.2) is 34.1 Å². The van der Waals surface area contributed by atoms with E-state index in [1.807, 2.05) is 4.98 Å². The molecule has 0 saturated carbocycles. The normalized spacial score (nSPS) is 11.1. The van der Waals surface area contributed by atoms with Crippen LogP contribution in [0.25, 0.3) is 0 Å². The first kappa shape index (κ1) is 20.4. The van der Waals surface area contributed by atoms with Gasteiger partial charge in [-0.1, -0.05) is 0 Å². The van der Waals surface area contributed by atoms with Crippen LogP contribution in [0.1, 0.15) is 10.4 Å². The number of halogens is 4. The average Bonchev–Trinajstić information content (AvgIpc) is 2.57. The third kappa shape index (κ3) is 6.09. The molecule has 0 aliphatic heterocycles. The van der Waals surface area contributed by atoms with Crippen LogP contribution >= 0.6 is 15.9 Å². The first-order valence-corrected chi connectivity index (χ1v) is 8.08. The van der Waals surface area contributed by atoms with Crippen molar-refractivity contribution in [2.75, 3.05) is 11.9 Å². The number of alkyl halides is 3. The topological polar surface area (TPSA) is 113 Å². The van der Waals surface area contributed by atoms with Crippen LogP contribution in [0.5, 0.6) is 0 Å². The highest BCUT2D eigenvalue weighted by molar-refractivity contribution is 9.10. The number of amides is 2. The minimum atomic E-state index is -4.52. The quantitative estimate of drug-likeness (QED) is 0.638. The van der Waals surface area contributed by atoms with Gasteiger partial charge in [0.05, 0.1) is 4.47 Å². The zero-order valence-corrected chi connectivity index (χ0v) is 15.0. The number of rotatable bonds is 5. The maximum Gasteiger partial charge on any atom is 0.405 e. The molecular formula is C15H12BrF3N4O4. The first-order chi connectivity index (χ1) is 12.5. The summed E-state index contributed by atoms with van der Waals surface area (Å²) in [6, 6.07) is 5.13. The Hall–Kier alpha value is -2.89. The van der Waals surface area contributed by atoms with E-state index >= 15 is 0 Å². The Morgan fingerprint density at radius 2 is 1.78 bits per heavy atom. The summed E-state index contributed by atoms with van der Waals surface area (Å²) in [4.78, 5) is 48.5. The van der Waals surface area contributed by atoms with Crippen molar-refractivity contribution in [1.29, 1.82) is 0 Å². The van der Waals surface area contributed by atoms with E-state index in [1.54, 1.807) is 5.32 Å². The number of nitrogens with one attached hydrogen (secondary N) is 3. The van der Waals surface area contributed by atoms with E-state index in [2.05, 4.69) is 21.2 Å². The molecule has 0 aliphatic rings. The molecular weight excluding hydrogens is 437 g/mol. The Balaban J connectivity index is 1.99. The predicted octanol–water partition coefficient (Wildman–Crippen LogP) is 1.23. The van der Waals surface area contributed by atoms with Crippen LogP contribution in [0, 0.1) is 0 Å². The molecule has 0 saturated heterocycles. The van der Waals surface area contributed by atoms with Crippen molar-refractivity contribution < 1.29 is 22.8 Å². The first-order valence-electron chi connectivity index (χ1n) is 7.29. The van der Waals surface area contributed by atoms with Gasteiger partial charge in [0.1, 0.15) is 13.1 Å². The minimum Gasteiger partial charge on any atom is -0.343 e. The van der Waals surface area contributed by atoms with Gasteiger partial charge in [0.2, 0.25) is 5.91 Å². The lowest BCUT2D eigenvalue weighted by Crippen LogP contribution is -2.34. The molecule has 3 N–H and O–H groups in total.